The number of nitrogens with one attached hydrogen (secondary N) is 1. The lowest BCUT2D eigenvalue weighted by molar-refractivity contribution is -0.130. The van der Waals surface area contributed by atoms with Gasteiger partial charge in [-0.2, -0.15) is 0 Å². The first-order chi connectivity index (χ1) is 7.24. The Morgan fingerprint density at radius 2 is 2.47 bits per heavy atom. The molecule has 0 aromatic rings. The quantitative estimate of drug-likeness (QED) is 0.533. The molecule has 0 bridgehead atoms. The van der Waals surface area contributed by atoms with Gasteiger partial charge in [0.2, 0.25) is 5.91 Å². The summed E-state index contributed by atoms with van der Waals surface area (Å²) in [4.78, 5) is 13.6. The van der Waals surface area contributed by atoms with Gasteiger partial charge in [0, 0.05) is 26.1 Å². The van der Waals surface area contributed by atoms with Gasteiger partial charge in [-0.15, -0.1) is 6.58 Å². The van der Waals surface area contributed by atoms with E-state index in [1.54, 1.807) is 0 Å². The standard InChI is InChI=1S/C12H22N2O/c1-3-4-5-9-14(2)12(15)10-11-7-6-8-13-11/h3,11,13H,1,4-10H2,2H3. The number of carbonyl (C=O) groups excluding carboxylic acids is 1. The minimum atomic E-state index is 0.262. The van der Waals surface area contributed by atoms with Gasteiger partial charge in [-0.25, -0.2) is 0 Å². The van der Waals surface area contributed by atoms with Crippen molar-refractivity contribution in [2.45, 2.75) is 38.1 Å². The first-order valence-corrected chi connectivity index (χ1v) is 5.82. The molecule has 0 aliphatic carbocycles. The molecule has 0 radical (unpaired) electrons. The van der Waals surface area contributed by atoms with Gasteiger partial charge in [0.1, 0.15) is 0 Å². The van der Waals surface area contributed by atoms with Gasteiger partial charge in [-0.1, -0.05) is 6.08 Å². The molecule has 1 aliphatic rings. The molecule has 15 heavy (non-hydrogen) atoms. The number of rotatable bonds is 6. The molecular weight excluding hydrogens is 188 g/mol. The summed E-state index contributed by atoms with van der Waals surface area (Å²) in [5.41, 5.74) is 0. The van der Waals surface area contributed by atoms with E-state index in [2.05, 4.69) is 11.9 Å². The molecule has 1 N–H and O–H groups in total. The minimum absolute atomic E-state index is 0.262. The van der Waals surface area contributed by atoms with Gasteiger partial charge < -0.3 is 10.2 Å². The number of hydrogen-bond acceptors (Lipinski definition) is 2. The van der Waals surface area contributed by atoms with Crippen LogP contribution in [0, 0.1) is 0 Å². The Morgan fingerprint density at radius 1 is 1.67 bits per heavy atom. The Hall–Kier alpha value is -0.830. The molecule has 86 valence electrons. The van der Waals surface area contributed by atoms with Crippen LogP contribution in [0.4, 0.5) is 0 Å². The monoisotopic (exact) mass is 210 g/mol. The van der Waals surface area contributed by atoms with E-state index in [0.717, 1.165) is 32.4 Å². The fraction of sp³-hybridized carbons (Fsp3) is 0.750. The summed E-state index contributed by atoms with van der Waals surface area (Å²) in [6.45, 7) is 5.58. The van der Waals surface area contributed by atoms with Gasteiger partial charge in [-0.05, 0) is 32.2 Å². The van der Waals surface area contributed by atoms with Crippen molar-refractivity contribution >= 4 is 5.91 Å². The van der Waals surface area contributed by atoms with Gasteiger partial charge in [0.15, 0.2) is 0 Å². The fourth-order valence-corrected chi connectivity index (χ4v) is 1.90. The molecule has 1 heterocycles. The Bertz CT molecular complexity index is 210. The van der Waals surface area contributed by atoms with Gasteiger partial charge >= 0.3 is 0 Å². The molecule has 0 aromatic carbocycles. The third-order valence-corrected chi connectivity index (χ3v) is 2.91. The molecule has 1 saturated heterocycles. The zero-order valence-electron chi connectivity index (χ0n) is 9.67. The summed E-state index contributed by atoms with van der Waals surface area (Å²) >= 11 is 0. The van der Waals surface area contributed by atoms with E-state index < -0.39 is 0 Å². The van der Waals surface area contributed by atoms with Crippen molar-refractivity contribution in [2.24, 2.45) is 0 Å². The second-order valence-corrected chi connectivity index (χ2v) is 4.24. The van der Waals surface area contributed by atoms with Crippen molar-refractivity contribution in [3.63, 3.8) is 0 Å². The summed E-state index contributed by atoms with van der Waals surface area (Å²) in [6.07, 6.45) is 6.91. The van der Waals surface area contributed by atoms with Crippen molar-refractivity contribution in [1.29, 1.82) is 0 Å². The van der Waals surface area contributed by atoms with E-state index in [1.807, 2.05) is 18.0 Å². The van der Waals surface area contributed by atoms with E-state index in [4.69, 9.17) is 0 Å². The van der Waals surface area contributed by atoms with E-state index in [1.165, 1.54) is 6.42 Å². The highest BCUT2D eigenvalue weighted by Gasteiger charge is 2.19. The lowest BCUT2D eigenvalue weighted by Crippen LogP contribution is -2.33. The second kappa shape index (κ2) is 6.62. The zero-order chi connectivity index (χ0) is 11.1. The molecular formula is C12H22N2O. The van der Waals surface area contributed by atoms with Crippen LogP contribution in [0.5, 0.6) is 0 Å². The first kappa shape index (κ1) is 12.2. The molecule has 1 atom stereocenters. The average Bonchev–Trinajstić information content (AvgIpc) is 2.70. The van der Waals surface area contributed by atoms with Crippen LogP contribution in [0.1, 0.15) is 32.1 Å². The van der Waals surface area contributed by atoms with Crippen LogP contribution >= 0.6 is 0 Å². The highest BCUT2D eigenvalue weighted by molar-refractivity contribution is 5.76. The van der Waals surface area contributed by atoms with Crippen molar-refractivity contribution in [1.82, 2.24) is 10.2 Å². The Morgan fingerprint density at radius 3 is 3.07 bits per heavy atom. The van der Waals surface area contributed by atoms with Gasteiger partial charge in [-0.3, -0.25) is 4.79 Å². The Kier molecular flexibility index (Phi) is 5.40. The third-order valence-electron chi connectivity index (χ3n) is 2.91. The topological polar surface area (TPSA) is 32.3 Å². The van der Waals surface area contributed by atoms with E-state index >= 15 is 0 Å². The largest absolute Gasteiger partial charge is 0.346 e. The smallest absolute Gasteiger partial charge is 0.223 e. The van der Waals surface area contributed by atoms with Gasteiger partial charge in [0.05, 0.1) is 0 Å². The van der Waals surface area contributed by atoms with Crippen LogP contribution in [0.15, 0.2) is 12.7 Å². The lowest BCUT2D eigenvalue weighted by atomic mass is 10.1. The predicted octanol–water partition coefficient (Wildman–Crippen LogP) is 1.55. The molecule has 0 aromatic heterocycles. The van der Waals surface area contributed by atoms with Crippen LogP contribution < -0.4 is 5.32 Å². The number of nitrogens with zero attached hydrogens (tertiary/aromatic N) is 1. The number of allylic oxidation sites excluding steroid dienone is 1. The second-order valence-electron chi connectivity index (χ2n) is 4.24. The summed E-state index contributed by atoms with van der Waals surface area (Å²) < 4.78 is 0. The number of amides is 1. The van der Waals surface area contributed by atoms with Crippen molar-refractivity contribution in [2.75, 3.05) is 20.1 Å². The maximum Gasteiger partial charge on any atom is 0.223 e. The molecule has 0 spiro atoms. The van der Waals surface area contributed by atoms with Crippen LogP contribution in [0.2, 0.25) is 0 Å². The molecule has 1 unspecified atom stereocenters. The lowest BCUT2D eigenvalue weighted by Gasteiger charge is -2.19. The SMILES string of the molecule is C=CCCCN(C)C(=O)CC1CCCN1. The highest BCUT2D eigenvalue weighted by Crippen LogP contribution is 2.10. The van der Waals surface area contributed by atoms with Gasteiger partial charge in [0.25, 0.3) is 0 Å². The van der Waals surface area contributed by atoms with Crippen molar-refractivity contribution in [3.05, 3.63) is 12.7 Å². The normalized spacial score (nSPS) is 20.2. The van der Waals surface area contributed by atoms with E-state index in [9.17, 15) is 4.79 Å². The number of unbranched alkanes of at least 4 members (excludes halogenated alkanes) is 1. The fourth-order valence-electron chi connectivity index (χ4n) is 1.90. The summed E-state index contributed by atoms with van der Waals surface area (Å²) in [5.74, 6) is 0.262. The molecule has 1 rings (SSSR count). The molecule has 3 heteroatoms. The predicted molar refractivity (Wildman–Crippen MR) is 62.7 cm³/mol. The maximum absolute atomic E-state index is 11.8. The van der Waals surface area contributed by atoms with E-state index in [0.29, 0.717) is 12.5 Å². The Balaban J connectivity index is 2.16. The Labute approximate surface area is 92.5 Å². The number of hydrogen-bond donors (Lipinski definition) is 1. The van der Waals surface area contributed by atoms with E-state index in [-0.39, 0.29) is 5.91 Å². The minimum Gasteiger partial charge on any atom is -0.346 e. The zero-order valence-corrected chi connectivity index (χ0v) is 9.67. The van der Waals surface area contributed by atoms with Crippen molar-refractivity contribution < 1.29 is 4.79 Å². The maximum atomic E-state index is 11.8. The molecule has 3 nitrogen and oxygen atoms in total. The highest BCUT2D eigenvalue weighted by atomic mass is 16.2. The number of carbonyl (C=O) groups is 1. The molecule has 0 saturated carbocycles. The molecule has 1 aliphatic heterocycles. The third kappa shape index (κ3) is 4.47. The van der Waals surface area contributed by atoms with Crippen LogP contribution in [0.25, 0.3) is 0 Å². The summed E-state index contributed by atoms with van der Waals surface area (Å²) in [6, 6.07) is 0.416. The average molecular weight is 210 g/mol. The van der Waals surface area contributed by atoms with Crippen LogP contribution in [-0.4, -0.2) is 37.0 Å². The molecule has 1 fully saturated rings. The molecule has 1 amide bonds. The summed E-state index contributed by atoms with van der Waals surface area (Å²) in [7, 11) is 1.89. The van der Waals surface area contributed by atoms with Crippen LogP contribution in [-0.2, 0) is 4.79 Å². The van der Waals surface area contributed by atoms with Crippen molar-refractivity contribution in [3.8, 4) is 0 Å². The van der Waals surface area contributed by atoms with Crippen LogP contribution in [0.3, 0.4) is 0 Å². The first-order valence-electron chi connectivity index (χ1n) is 5.82. The summed E-state index contributed by atoms with van der Waals surface area (Å²) in [5, 5.41) is 3.35.